The first kappa shape index (κ1) is 26.0. The highest BCUT2D eigenvalue weighted by Gasteiger charge is 2.48. The quantitative estimate of drug-likeness (QED) is 0.0915. The second kappa shape index (κ2) is 10.6. The third-order valence-corrected chi connectivity index (χ3v) is 8.56. The highest BCUT2D eigenvalue weighted by atomic mass is 35.5. The molecule has 0 radical (unpaired) electrons. The van der Waals surface area contributed by atoms with Gasteiger partial charge in [-0.1, -0.05) is 76.7 Å². The van der Waals surface area contributed by atoms with Crippen molar-refractivity contribution in [1.29, 1.82) is 0 Å². The van der Waals surface area contributed by atoms with Gasteiger partial charge in [-0.3, -0.25) is 14.5 Å². The van der Waals surface area contributed by atoms with Crippen molar-refractivity contribution in [3.8, 4) is 5.75 Å². The van der Waals surface area contributed by atoms with E-state index in [1.165, 1.54) is 40.1 Å². The number of rotatable bonds is 6. The molecule has 1 aromatic heterocycles. The molecule has 4 aromatic rings. The number of hydrogen-bond acceptors (Lipinski definition) is 8. The molecule has 1 atom stereocenters. The zero-order valence-electron chi connectivity index (χ0n) is 20.4. The summed E-state index contributed by atoms with van der Waals surface area (Å²) in [5.41, 5.74) is 3.69. The molecule has 1 saturated heterocycles. The lowest BCUT2D eigenvalue weighted by Gasteiger charge is -2.22. The van der Waals surface area contributed by atoms with Gasteiger partial charge in [0.25, 0.3) is 5.78 Å². The van der Waals surface area contributed by atoms with Crippen molar-refractivity contribution >= 4 is 57.3 Å². The Hall–Kier alpha value is -3.66. The van der Waals surface area contributed by atoms with E-state index < -0.39 is 17.7 Å². The zero-order chi connectivity index (χ0) is 27.0. The summed E-state index contributed by atoms with van der Waals surface area (Å²) >= 11 is 8.61. The average molecular weight is 564 g/mol. The van der Waals surface area contributed by atoms with E-state index in [-0.39, 0.29) is 22.2 Å². The van der Waals surface area contributed by atoms with E-state index in [4.69, 9.17) is 11.6 Å². The number of aliphatic hydroxyl groups excluding tert-OH is 1. The number of Topliss-reactive ketones (excluding diaryl/α,β-unsaturated/α-hetero) is 1. The van der Waals surface area contributed by atoms with Crippen molar-refractivity contribution in [1.82, 2.24) is 10.2 Å². The maximum Gasteiger partial charge on any atom is 0.301 e. The van der Waals surface area contributed by atoms with Crippen LogP contribution in [0.1, 0.15) is 33.9 Å². The van der Waals surface area contributed by atoms with Crippen molar-refractivity contribution in [2.75, 3.05) is 4.90 Å². The van der Waals surface area contributed by atoms with E-state index in [1.807, 2.05) is 50.2 Å². The molecular formula is C28H22ClN3O4S2. The number of anilines is 1. The van der Waals surface area contributed by atoms with Crippen LogP contribution in [0.5, 0.6) is 5.75 Å². The van der Waals surface area contributed by atoms with Gasteiger partial charge in [-0.2, -0.15) is 0 Å². The van der Waals surface area contributed by atoms with Gasteiger partial charge in [0.1, 0.15) is 11.5 Å². The molecular weight excluding hydrogens is 542 g/mol. The molecule has 1 fully saturated rings. The van der Waals surface area contributed by atoms with Crippen LogP contribution in [-0.2, 0) is 15.3 Å². The lowest BCUT2D eigenvalue weighted by atomic mass is 9.93. The van der Waals surface area contributed by atoms with Gasteiger partial charge in [0.05, 0.1) is 11.6 Å². The Morgan fingerprint density at radius 1 is 1.03 bits per heavy atom. The number of aromatic nitrogens is 2. The fourth-order valence-corrected chi connectivity index (χ4v) is 6.17. The van der Waals surface area contributed by atoms with Gasteiger partial charge in [-0.05, 0) is 60.9 Å². The minimum absolute atomic E-state index is 0.0389. The van der Waals surface area contributed by atoms with Gasteiger partial charge in [-0.25, -0.2) is 0 Å². The number of amides is 1. The maximum atomic E-state index is 13.4. The smallest absolute Gasteiger partial charge is 0.301 e. The van der Waals surface area contributed by atoms with E-state index in [9.17, 15) is 19.8 Å². The summed E-state index contributed by atoms with van der Waals surface area (Å²) in [7, 11) is 0. The number of phenols is 1. The normalized spacial score (nSPS) is 16.8. The Morgan fingerprint density at radius 3 is 2.45 bits per heavy atom. The van der Waals surface area contributed by atoms with Crippen LogP contribution >= 0.6 is 34.7 Å². The number of hydrogen-bond donors (Lipinski definition) is 2. The number of nitrogens with zero attached hydrogens (tertiary/aromatic N) is 3. The van der Waals surface area contributed by atoms with Crippen molar-refractivity contribution < 1.29 is 19.8 Å². The van der Waals surface area contributed by atoms with E-state index in [2.05, 4.69) is 10.2 Å². The number of phenolic OH excluding ortho intramolecular Hbond substituents is 1. The number of aliphatic hydroxyl groups is 1. The molecule has 0 spiro atoms. The summed E-state index contributed by atoms with van der Waals surface area (Å²) in [5.74, 6) is -1.21. The molecule has 1 aliphatic heterocycles. The SMILES string of the molecule is Cc1ccc(C)c(C(O)=C2C(=O)C(=O)N(c3nnc(SCc4ccc(Cl)cc4)s3)C2c2ccc(O)cc2)c1. The monoisotopic (exact) mass is 563 g/mol. The van der Waals surface area contributed by atoms with Gasteiger partial charge in [0.2, 0.25) is 5.13 Å². The Kier molecular flexibility index (Phi) is 7.25. The minimum Gasteiger partial charge on any atom is -0.508 e. The predicted molar refractivity (Wildman–Crippen MR) is 150 cm³/mol. The molecule has 1 unspecified atom stereocenters. The number of thioether (sulfide) groups is 1. The van der Waals surface area contributed by atoms with Crippen LogP contribution in [0.2, 0.25) is 5.02 Å². The molecule has 38 heavy (non-hydrogen) atoms. The average Bonchev–Trinajstić information content (AvgIpc) is 3.47. The number of benzene rings is 3. The first-order valence-electron chi connectivity index (χ1n) is 11.6. The number of aromatic hydroxyl groups is 1. The summed E-state index contributed by atoms with van der Waals surface area (Å²) in [4.78, 5) is 28.0. The number of carbonyl (C=O) groups is 2. The van der Waals surface area contributed by atoms with Gasteiger partial charge in [-0.15, -0.1) is 10.2 Å². The Balaban J connectivity index is 1.55. The first-order chi connectivity index (χ1) is 18.2. The summed E-state index contributed by atoms with van der Waals surface area (Å²) in [5, 5.41) is 30.6. The van der Waals surface area contributed by atoms with Crippen molar-refractivity contribution in [2.24, 2.45) is 0 Å². The summed E-state index contributed by atoms with van der Waals surface area (Å²) in [6.07, 6.45) is 0. The van der Waals surface area contributed by atoms with Crippen molar-refractivity contribution in [2.45, 2.75) is 30.0 Å². The van der Waals surface area contributed by atoms with E-state index >= 15 is 0 Å². The van der Waals surface area contributed by atoms with Crippen LogP contribution in [0.3, 0.4) is 0 Å². The van der Waals surface area contributed by atoms with Crippen LogP contribution in [0, 0.1) is 13.8 Å². The van der Waals surface area contributed by atoms with Gasteiger partial charge >= 0.3 is 5.91 Å². The Morgan fingerprint density at radius 2 is 1.74 bits per heavy atom. The van der Waals surface area contributed by atoms with Gasteiger partial charge in [0.15, 0.2) is 4.34 Å². The number of carbonyl (C=O) groups excluding carboxylic acids is 2. The van der Waals surface area contributed by atoms with E-state index in [0.29, 0.717) is 26.2 Å². The molecule has 2 N–H and O–H groups in total. The Bertz CT molecular complexity index is 1570. The summed E-state index contributed by atoms with van der Waals surface area (Å²) < 4.78 is 0.621. The molecule has 1 aliphatic rings. The molecule has 1 amide bonds. The largest absolute Gasteiger partial charge is 0.508 e. The molecule has 10 heteroatoms. The van der Waals surface area contributed by atoms with Crippen molar-refractivity contribution in [3.05, 3.63) is 105 Å². The molecule has 7 nitrogen and oxygen atoms in total. The zero-order valence-corrected chi connectivity index (χ0v) is 22.8. The lowest BCUT2D eigenvalue weighted by molar-refractivity contribution is -0.132. The second-order valence-electron chi connectivity index (χ2n) is 8.84. The van der Waals surface area contributed by atoms with Crippen LogP contribution in [0.4, 0.5) is 5.13 Å². The Labute approximate surface area is 232 Å². The second-order valence-corrected chi connectivity index (χ2v) is 11.5. The minimum atomic E-state index is -0.947. The summed E-state index contributed by atoms with van der Waals surface area (Å²) in [6, 6.07) is 18.3. The fraction of sp³-hybridized carbons (Fsp3) is 0.143. The van der Waals surface area contributed by atoms with Crippen LogP contribution in [0.25, 0.3) is 5.76 Å². The van der Waals surface area contributed by atoms with E-state index in [0.717, 1.165) is 16.7 Å². The first-order valence-corrected chi connectivity index (χ1v) is 13.8. The predicted octanol–water partition coefficient (Wildman–Crippen LogP) is 6.43. The molecule has 0 aliphatic carbocycles. The number of ketones is 1. The van der Waals surface area contributed by atoms with Crippen molar-refractivity contribution in [3.63, 3.8) is 0 Å². The third kappa shape index (κ3) is 5.05. The fourth-order valence-electron chi connectivity index (χ4n) is 4.22. The van der Waals surface area contributed by atoms with Crippen LogP contribution in [-0.4, -0.2) is 32.1 Å². The standard InChI is InChI=1S/C28H22ClN3O4S2/c1-15-3-4-16(2)21(13-15)24(34)22-23(18-7-11-20(33)12-8-18)32(26(36)25(22)35)27-30-31-28(38-27)37-14-17-5-9-19(29)10-6-17/h3-13,23,33-34H,14H2,1-2H3. The van der Waals surface area contributed by atoms with Gasteiger partial charge < -0.3 is 10.2 Å². The molecule has 0 bridgehead atoms. The highest BCUT2D eigenvalue weighted by molar-refractivity contribution is 8.00. The van der Waals surface area contributed by atoms with E-state index in [1.54, 1.807) is 18.2 Å². The third-order valence-electron chi connectivity index (χ3n) is 6.18. The number of aryl methyl sites for hydroxylation is 2. The molecule has 0 saturated carbocycles. The molecule has 3 aromatic carbocycles. The van der Waals surface area contributed by atoms with Crippen LogP contribution in [0.15, 0.2) is 76.6 Å². The number of halogens is 1. The molecule has 5 rings (SSSR count). The summed E-state index contributed by atoms with van der Waals surface area (Å²) in [6.45, 7) is 3.71. The maximum absolute atomic E-state index is 13.4. The topological polar surface area (TPSA) is 104 Å². The highest BCUT2D eigenvalue weighted by Crippen LogP contribution is 2.44. The molecule has 2 heterocycles. The van der Waals surface area contributed by atoms with Crippen LogP contribution < -0.4 is 4.90 Å². The van der Waals surface area contributed by atoms with Gasteiger partial charge in [0, 0.05) is 16.3 Å². The molecule has 192 valence electrons. The lowest BCUT2D eigenvalue weighted by Crippen LogP contribution is -2.29.